The summed E-state index contributed by atoms with van der Waals surface area (Å²) in [7, 11) is -3.20. The van der Waals surface area contributed by atoms with Crippen molar-refractivity contribution < 1.29 is 17.9 Å². The van der Waals surface area contributed by atoms with Gasteiger partial charge in [-0.05, 0) is 38.8 Å². The van der Waals surface area contributed by atoms with E-state index in [2.05, 4.69) is 4.72 Å². The first-order valence-electron chi connectivity index (χ1n) is 8.15. The van der Waals surface area contributed by atoms with Crippen molar-refractivity contribution in [3.63, 3.8) is 0 Å². The van der Waals surface area contributed by atoms with Gasteiger partial charge in [-0.15, -0.1) is 0 Å². The van der Waals surface area contributed by atoms with Crippen LogP contribution in [0.4, 0.5) is 0 Å². The van der Waals surface area contributed by atoms with Gasteiger partial charge in [-0.2, -0.15) is 0 Å². The lowest BCUT2D eigenvalue weighted by molar-refractivity contribution is 0.101. The highest BCUT2D eigenvalue weighted by atomic mass is 32.2. The molecule has 0 aliphatic heterocycles. The first-order chi connectivity index (χ1) is 10.9. The van der Waals surface area contributed by atoms with Crippen LogP contribution in [0.1, 0.15) is 49.9 Å². The highest BCUT2D eigenvalue weighted by Crippen LogP contribution is 2.26. The average molecular weight is 339 g/mol. The van der Waals surface area contributed by atoms with Crippen molar-refractivity contribution in [2.45, 2.75) is 45.6 Å². The molecule has 1 aromatic carbocycles. The molecule has 1 aliphatic rings. The van der Waals surface area contributed by atoms with Crippen molar-refractivity contribution in [1.82, 2.24) is 4.72 Å². The number of hydrogen-bond donors (Lipinski definition) is 1. The maximum atomic E-state index is 11.8. The van der Waals surface area contributed by atoms with Crippen LogP contribution in [0, 0.1) is 5.92 Å². The summed E-state index contributed by atoms with van der Waals surface area (Å²) in [5, 5.41) is 0. The summed E-state index contributed by atoms with van der Waals surface area (Å²) in [6.07, 6.45) is 3.92. The number of sulfonamides is 1. The Morgan fingerprint density at radius 2 is 2.04 bits per heavy atom. The van der Waals surface area contributed by atoms with Crippen molar-refractivity contribution >= 4 is 15.8 Å². The number of carbonyl (C=O) groups excluding carboxylic acids is 1. The summed E-state index contributed by atoms with van der Waals surface area (Å²) in [4.78, 5) is 11.4. The minimum absolute atomic E-state index is 0.00157. The van der Waals surface area contributed by atoms with E-state index in [1.807, 2.05) is 6.07 Å². The Kier molecular flexibility index (Phi) is 6.18. The Morgan fingerprint density at radius 1 is 1.30 bits per heavy atom. The molecule has 0 spiro atoms. The van der Waals surface area contributed by atoms with Gasteiger partial charge in [0.1, 0.15) is 5.75 Å². The summed E-state index contributed by atoms with van der Waals surface area (Å²) < 4.78 is 32.3. The van der Waals surface area contributed by atoms with Gasteiger partial charge in [-0.3, -0.25) is 4.79 Å². The molecule has 5 nitrogen and oxygen atoms in total. The fraction of sp³-hybridized carbons (Fsp3) is 0.588. The van der Waals surface area contributed by atoms with Crippen LogP contribution < -0.4 is 9.46 Å². The van der Waals surface area contributed by atoms with Crippen LogP contribution in [-0.2, 0) is 10.0 Å². The zero-order valence-corrected chi connectivity index (χ0v) is 14.6. The van der Waals surface area contributed by atoms with Gasteiger partial charge in [0.05, 0.1) is 12.4 Å². The number of carbonyl (C=O) groups is 1. The van der Waals surface area contributed by atoms with Crippen molar-refractivity contribution in [1.29, 1.82) is 0 Å². The minimum Gasteiger partial charge on any atom is -0.493 e. The Hall–Kier alpha value is -1.40. The van der Waals surface area contributed by atoms with Gasteiger partial charge in [0.25, 0.3) is 0 Å². The summed E-state index contributed by atoms with van der Waals surface area (Å²) in [5.74, 6) is 0.908. The predicted molar refractivity (Wildman–Crippen MR) is 90.3 cm³/mol. The Balaban J connectivity index is 1.99. The van der Waals surface area contributed by atoms with Gasteiger partial charge in [-0.1, -0.05) is 25.0 Å². The van der Waals surface area contributed by atoms with Crippen molar-refractivity contribution in [2.24, 2.45) is 5.92 Å². The Bertz CT molecular complexity index is 642. The Morgan fingerprint density at radius 3 is 2.74 bits per heavy atom. The predicted octanol–water partition coefficient (Wildman–Crippen LogP) is 2.77. The van der Waals surface area contributed by atoms with E-state index in [0.29, 0.717) is 17.9 Å². The molecule has 1 fully saturated rings. The summed E-state index contributed by atoms with van der Waals surface area (Å²) in [5.41, 5.74) is 0.620. The third-order valence-corrected chi connectivity index (χ3v) is 5.75. The molecule has 128 valence electrons. The number of rotatable bonds is 7. The highest BCUT2D eigenvalue weighted by Gasteiger charge is 2.28. The van der Waals surface area contributed by atoms with E-state index >= 15 is 0 Å². The molecule has 0 unspecified atom stereocenters. The fourth-order valence-corrected chi connectivity index (χ4v) is 3.82. The molecule has 0 radical (unpaired) electrons. The van der Waals surface area contributed by atoms with Gasteiger partial charge in [0.2, 0.25) is 10.0 Å². The highest BCUT2D eigenvalue weighted by molar-refractivity contribution is 7.89. The van der Waals surface area contributed by atoms with Crippen molar-refractivity contribution in [2.75, 3.05) is 12.4 Å². The zero-order chi connectivity index (χ0) is 16.9. The number of ether oxygens (including phenoxy) is 1. The molecule has 0 saturated heterocycles. The normalized spacial score (nSPS) is 21.8. The van der Waals surface area contributed by atoms with Gasteiger partial charge in [0, 0.05) is 17.5 Å². The Labute approximate surface area is 138 Å². The van der Waals surface area contributed by atoms with Crippen molar-refractivity contribution in [3.05, 3.63) is 29.8 Å². The smallest absolute Gasteiger partial charge is 0.211 e. The summed E-state index contributed by atoms with van der Waals surface area (Å²) in [6.45, 7) is 3.62. The van der Waals surface area contributed by atoms with Crippen LogP contribution in [0.25, 0.3) is 0 Å². The molecular formula is C17H25NO4S. The molecule has 0 aromatic heterocycles. The van der Waals surface area contributed by atoms with E-state index in [-0.39, 0.29) is 23.5 Å². The standard InChI is InChI=1S/C17H25NO4S/c1-3-23(20,21)18-17-10-5-4-7-15(17)12-22-16-9-6-8-14(11-16)13(2)19/h6,8-9,11,15,17-18H,3-5,7,10,12H2,1-2H3/t15-,17+/m1/s1. The first kappa shape index (κ1) is 17.9. The van der Waals surface area contributed by atoms with E-state index in [1.54, 1.807) is 25.1 Å². The molecule has 0 bridgehead atoms. The average Bonchev–Trinajstić information content (AvgIpc) is 2.54. The summed E-state index contributed by atoms with van der Waals surface area (Å²) in [6, 6.07) is 7.04. The lowest BCUT2D eigenvalue weighted by Crippen LogP contribution is -2.44. The van der Waals surface area contributed by atoms with Crippen LogP contribution in [0.5, 0.6) is 5.75 Å². The van der Waals surface area contributed by atoms with Crippen LogP contribution in [-0.4, -0.2) is 32.6 Å². The number of nitrogens with one attached hydrogen (secondary N) is 1. The lowest BCUT2D eigenvalue weighted by Gasteiger charge is -2.31. The molecule has 0 heterocycles. The maximum absolute atomic E-state index is 11.8. The number of Topliss-reactive ketones (excluding diaryl/α,β-unsaturated/α-hetero) is 1. The van der Waals surface area contributed by atoms with Gasteiger partial charge < -0.3 is 4.74 Å². The number of benzene rings is 1. The zero-order valence-electron chi connectivity index (χ0n) is 13.7. The minimum atomic E-state index is -3.20. The van der Waals surface area contributed by atoms with Gasteiger partial charge in [-0.25, -0.2) is 13.1 Å². The van der Waals surface area contributed by atoms with E-state index in [4.69, 9.17) is 4.74 Å². The van der Waals surface area contributed by atoms with E-state index in [0.717, 1.165) is 25.7 Å². The quantitative estimate of drug-likeness (QED) is 0.775. The molecule has 2 atom stereocenters. The molecule has 6 heteroatoms. The first-order valence-corrected chi connectivity index (χ1v) is 9.80. The topological polar surface area (TPSA) is 72.5 Å². The second-order valence-corrected chi connectivity index (χ2v) is 8.11. The van der Waals surface area contributed by atoms with Crippen LogP contribution in [0.15, 0.2) is 24.3 Å². The van der Waals surface area contributed by atoms with Gasteiger partial charge >= 0.3 is 0 Å². The second-order valence-electron chi connectivity index (χ2n) is 6.07. The van der Waals surface area contributed by atoms with Crippen molar-refractivity contribution in [3.8, 4) is 5.75 Å². The SMILES string of the molecule is CCS(=O)(=O)N[C@H]1CCCC[C@@H]1COc1cccc(C(C)=O)c1. The third kappa shape index (κ3) is 5.32. The molecule has 23 heavy (non-hydrogen) atoms. The fourth-order valence-electron chi connectivity index (χ4n) is 2.88. The number of ketones is 1. The monoisotopic (exact) mass is 339 g/mol. The molecule has 1 N–H and O–H groups in total. The van der Waals surface area contributed by atoms with E-state index in [9.17, 15) is 13.2 Å². The number of hydrogen-bond acceptors (Lipinski definition) is 4. The van der Waals surface area contributed by atoms with E-state index in [1.165, 1.54) is 6.92 Å². The van der Waals surface area contributed by atoms with E-state index < -0.39 is 10.0 Å². The largest absolute Gasteiger partial charge is 0.493 e. The summed E-state index contributed by atoms with van der Waals surface area (Å²) >= 11 is 0. The van der Waals surface area contributed by atoms with Crippen LogP contribution in [0.2, 0.25) is 0 Å². The van der Waals surface area contributed by atoms with Crippen LogP contribution >= 0.6 is 0 Å². The molecule has 0 amide bonds. The lowest BCUT2D eigenvalue weighted by atomic mass is 9.86. The molecule has 1 aromatic rings. The second kappa shape index (κ2) is 7.93. The molecule has 1 aliphatic carbocycles. The van der Waals surface area contributed by atoms with Crippen LogP contribution in [0.3, 0.4) is 0 Å². The third-order valence-electron chi connectivity index (χ3n) is 4.32. The molecule has 2 rings (SSSR count). The molecular weight excluding hydrogens is 314 g/mol. The van der Waals surface area contributed by atoms with Gasteiger partial charge in [0.15, 0.2) is 5.78 Å². The molecule has 1 saturated carbocycles. The maximum Gasteiger partial charge on any atom is 0.211 e.